The normalized spacial score (nSPS) is 15.3. The molecule has 31 heavy (non-hydrogen) atoms. The minimum absolute atomic E-state index is 0.0647. The molecule has 10 heteroatoms. The van der Waals surface area contributed by atoms with Crippen molar-refractivity contribution in [1.82, 2.24) is 19.4 Å². The minimum Gasteiger partial charge on any atom is -0.383 e. The number of amides is 1. The number of nitrogens with one attached hydrogen (secondary N) is 1. The van der Waals surface area contributed by atoms with Crippen molar-refractivity contribution >= 4 is 21.6 Å². The number of benzene rings is 1. The highest BCUT2D eigenvalue weighted by Gasteiger charge is 2.34. The Labute approximate surface area is 184 Å². The summed E-state index contributed by atoms with van der Waals surface area (Å²) >= 11 is 0. The van der Waals surface area contributed by atoms with Crippen molar-refractivity contribution in [3.8, 4) is 0 Å². The van der Waals surface area contributed by atoms with E-state index in [1.807, 2.05) is 13.0 Å². The molecule has 1 aliphatic heterocycles. The molecule has 0 atom stereocenters. The van der Waals surface area contributed by atoms with Crippen molar-refractivity contribution in [3.05, 3.63) is 41.1 Å². The van der Waals surface area contributed by atoms with E-state index in [2.05, 4.69) is 41.3 Å². The molecule has 1 fully saturated rings. The molecule has 1 amide bonds. The monoisotopic (exact) mass is 449 g/mol. The molecule has 1 aromatic carbocycles. The first-order valence-electron chi connectivity index (χ1n) is 10.5. The van der Waals surface area contributed by atoms with Gasteiger partial charge in [0.15, 0.2) is 0 Å². The van der Waals surface area contributed by atoms with Gasteiger partial charge in [-0.2, -0.15) is 9.40 Å². The van der Waals surface area contributed by atoms with Gasteiger partial charge in [0.25, 0.3) is 15.9 Å². The summed E-state index contributed by atoms with van der Waals surface area (Å²) in [6.07, 6.45) is 1.49. The number of hydrogen-bond acceptors (Lipinski definition) is 6. The maximum absolute atomic E-state index is 13.4. The lowest BCUT2D eigenvalue weighted by atomic mass is 10.1. The third-order valence-electron chi connectivity index (χ3n) is 5.63. The van der Waals surface area contributed by atoms with Crippen molar-refractivity contribution in [2.75, 3.05) is 51.3 Å². The molecule has 0 aliphatic carbocycles. The van der Waals surface area contributed by atoms with Crippen LogP contribution in [0.2, 0.25) is 0 Å². The van der Waals surface area contributed by atoms with Crippen LogP contribution < -0.4 is 10.2 Å². The third-order valence-corrected chi connectivity index (χ3v) is 7.46. The number of anilines is 1. The van der Waals surface area contributed by atoms with Gasteiger partial charge in [-0.25, -0.2) is 8.42 Å². The quantitative estimate of drug-likeness (QED) is 0.612. The zero-order chi connectivity index (χ0) is 22.6. The lowest BCUT2D eigenvalue weighted by Crippen LogP contribution is -2.49. The van der Waals surface area contributed by atoms with Gasteiger partial charge in [0.1, 0.15) is 0 Å². The maximum Gasteiger partial charge on any atom is 0.263 e. The van der Waals surface area contributed by atoms with Gasteiger partial charge in [-0.1, -0.05) is 12.1 Å². The lowest BCUT2D eigenvalue weighted by molar-refractivity contribution is 0.0933. The molecule has 1 aromatic heterocycles. The SMILES string of the molecule is CCn1cc(C(=O)NCCOC)c(S(=O)(=O)N2CCN(c3cccc(C)c3C)CC2)n1. The Morgan fingerprint density at radius 1 is 1.19 bits per heavy atom. The number of hydrogen-bond donors (Lipinski definition) is 1. The summed E-state index contributed by atoms with van der Waals surface area (Å²) in [7, 11) is -2.36. The highest BCUT2D eigenvalue weighted by Crippen LogP contribution is 2.26. The second kappa shape index (κ2) is 9.80. The first-order valence-corrected chi connectivity index (χ1v) is 11.9. The van der Waals surface area contributed by atoms with E-state index >= 15 is 0 Å². The van der Waals surface area contributed by atoms with Gasteiger partial charge in [0.2, 0.25) is 5.03 Å². The van der Waals surface area contributed by atoms with E-state index in [0.29, 0.717) is 45.9 Å². The Kier molecular flexibility index (Phi) is 7.34. The number of aromatic nitrogens is 2. The summed E-state index contributed by atoms with van der Waals surface area (Å²) in [5.41, 5.74) is 3.61. The molecule has 3 rings (SSSR count). The predicted molar refractivity (Wildman–Crippen MR) is 119 cm³/mol. The highest BCUT2D eigenvalue weighted by atomic mass is 32.2. The zero-order valence-electron chi connectivity index (χ0n) is 18.6. The molecular formula is C21H31N5O4S. The van der Waals surface area contributed by atoms with E-state index in [1.54, 1.807) is 0 Å². The van der Waals surface area contributed by atoms with Gasteiger partial charge in [0, 0.05) is 58.3 Å². The van der Waals surface area contributed by atoms with Crippen molar-refractivity contribution in [2.45, 2.75) is 32.3 Å². The van der Waals surface area contributed by atoms with Crippen LogP contribution in [0.15, 0.2) is 29.4 Å². The van der Waals surface area contributed by atoms with E-state index < -0.39 is 15.9 Å². The number of piperazine rings is 1. The molecule has 2 heterocycles. The second-order valence-corrected chi connectivity index (χ2v) is 9.42. The van der Waals surface area contributed by atoms with Gasteiger partial charge in [0.05, 0.1) is 12.2 Å². The van der Waals surface area contributed by atoms with Crippen LogP contribution in [-0.2, 0) is 21.3 Å². The molecule has 1 aliphatic rings. The predicted octanol–water partition coefficient (Wildman–Crippen LogP) is 1.41. The van der Waals surface area contributed by atoms with E-state index in [-0.39, 0.29) is 10.6 Å². The Bertz CT molecular complexity index is 1030. The number of rotatable bonds is 8. The molecule has 0 bridgehead atoms. The zero-order valence-corrected chi connectivity index (χ0v) is 19.4. The molecule has 9 nitrogen and oxygen atoms in total. The van der Waals surface area contributed by atoms with Crippen LogP contribution in [0.3, 0.4) is 0 Å². The third kappa shape index (κ3) is 4.91. The number of methoxy groups -OCH3 is 1. The van der Waals surface area contributed by atoms with E-state index in [4.69, 9.17) is 4.74 Å². The summed E-state index contributed by atoms with van der Waals surface area (Å²) in [5.74, 6) is -0.468. The van der Waals surface area contributed by atoms with E-state index in [0.717, 1.165) is 5.69 Å². The fraction of sp³-hybridized carbons (Fsp3) is 0.524. The van der Waals surface area contributed by atoms with Crippen LogP contribution in [-0.4, -0.2) is 74.9 Å². The fourth-order valence-electron chi connectivity index (χ4n) is 3.64. The molecule has 2 aromatic rings. The van der Waals surface area contributed by atoms with Crippen LogP contribution in [0.25, 0.3) is 0 Å². The number of nitrogens with zero attached hydrogens (tertiary/aromatic N) is 4. The number of carbonyl (C=O) groups excluding carboxylic acids is 1. The summed E-state index contributed by atoms with van der Waals surface area (Å²) in [6, 6.07) is 6.16. The summed E-state index contributed by atoms with van der Waals surface area (Å²) in [6.45, 7) is 8.92. The van der Waals surface area contributed by atoms with Gasteiger partial charge in [-0.05, 0) is 38.0 Å². The van der Waals surface area contributed by atoms with Gasteiger partial charge in [-0.15, -0.1) is 0 Å². The molecule has 0 spiro atoms. The smallest absolute Gasteiger partial charge is 0.263 e. The Balaban J connectivity index is 1.79. The largest absolute Gasteiger partial charge is 0.383 e. The standard InChI is InChI=1S/C21H31N5O4S/c1-5-25-15-18(20(27)22-9-14-30-4)21(23-25)31(28,29)26-12-10-24(11-13-26)19-8-6-7-16(2)17(19)3/h6-8,15H,5,9-14H2,1-4H3,(H,22,27). The maximum atomic E-state index is 13.4. The molecule has 0 unspecified atom stereocenters. The number of ether oxygens (including phenoxy) is 1. The van der Waals surface area contributed by atoms with Crippen molar-refractivity contribution in [2.24, 2.45) is 0 Å². The first-order chi connectivity index (χ1) is 14.8. The van der Waals surface area contributed by atoms with Crippen LogP contribution >= 0.6 is 0 Å². The van der Waals surface area contributed by atoms with Gasteiger partial charge < -0.3 is 15.0 Å². The molecule has 1 saturated heterocycles. The van der Waals surface area contributed by atoms with Gasteiger partial charge in [-0.3, -0.25) is 9.48 Å². The second-order valence-electron chi connectivity index (χ2n) is 7.56. The number of sulfonamides is 1. The van der Waals surface area contributed by atoms with Crippen molar-refractivity contribution in [3.63, 3.8) is 0 Å². The first kappa shape index (κ1) is 23.2. The molecule has 170 valence electrons. The molecule has 0 saturated carbocycles. The molecule has 0 radical (unpaired) electrons. The van der Waals surface area contributed by atoms with Crippen LogP contribution in [0.4, 0.5) is 5.69 Å². The highest BCUT2D eigenvalue weighted by molar-refractivity contribution is 7.89. The molecule has 1 N–H and O–H groups in total. The van der Waals surface area contributed by atoms with Crippen LogP contribution in [0.1, 0.15) is 28.4 Å². The fourth-order valence-corrected chi connectivity index (χ4v) is 5.16. The number of aryl methyl sites for hydroxylation is 2. The topological polar surface area (TPSA) is 96.8 Å². The average Bonchev–Trinajstić information content (AvgIpc) is 3.21. The minimum atomic E-state index is -3.90. The van der Waals surface area contributed by atoms with E-state index in [1.165, 1.54) is 33.4 Å². The summed E-state index contributed by atoms with van der Waals surface area (Å²) < 4.78 is 34.6. The summed E-state index contributed by atoms with van der Waals surface area (Å²) in [4.78, 5) is 14.8. The van der Waals surface area contributed by atoms with Crippen LogP contribution in [0, 0.1) is 13.8 Å². The Morgan fingerprint density at radius 2 is 1.90 bits per heavy atom. The average molecular weight is 450 g/mol. The van der Waals surface area contributed by atoms with Crippen molar-refractivity contribution < 1.29 is 17.9 Å². The Hall–Kier alpha value is -2.43. The van der Waals surface area contributed by atoms with Crippen LogP contribution in [0.5, 0.6) is 0 Å². The van der Waals surface area contributed by atoms with Crippen molar-refractivity contribution in [1.29, 1.82) is 0 Å². The summed E-state index contributed by atoms with van der Waals surface area (Å²) in [5, 5.41) is 6.70. The number of carbonyl (C=O) groups is 1. The molecular weight excluding hydrogens is 418 g/mol. The van der Waals surface area contributed by atoms with E-state index in [9.17, 15) is 13.2 Å². The lowest BCUT2D eigenvalue weighted by Gasteiger charge is -2.36. The van der Waals surface area contributed by atoms with Gasteiger partial charge >= 0.3 is 0 Å². The Morgan fingerprint density at radius 3 is 2.55 bits per heavy atom.